The van der Waals surface area contributed by atoms with Gasteiger partial charge in [0.1, 0.15) is 0 Å². The zero-order valence-corrected chi connectivity index (χ0v) is 11.8. The summed E-state index contributed by atoms with van der Waals surface area (Å²) >= 11 is 0. The Kier molecular flexibility index (Phi) is 2.20. The second-order valence-electron chi connectivity index (χ2n) is 6.55. The quantitative estimate of drug-likeness (QED) is 0.715. The summed E-state index contributed by atoms with van der Waals surface area (Å²) in [5, 5.41) is 9.71. The number of carboxylic acid groups (broad SMARTS) is 1. The minimum Gasteiger partial charge on any atom is -0.465 e. The van der Waals surface area contributed by atoms with Gasteiger partial charge in [0.15, 0.2) is 0 Å². The van der Waals surface area contributed by atoms with E-state index in [1.54, 1.807) is 4.90 Å². The van der Waals surface area contributed by atoms with Crippen molar-refractivity contribution in [2.75, 3.05) is 0 Å². The van der Waals surface area contributed by atoms with Crippen LogP contribution in [0.1, 0.15) is 44.9 Å². The van der Waals surface area contributed by atoms with Gasteiger partial charge in [-0.05, 0) is 29.0 Å². The monoisotopic (exact) mass is 257 g/mol. The molecular formula is C16H19NO2. The van der Waals surface area contributed by atoms with E-state index in [2.05, 4.69) is 39.0 Å². The van der Waals surface area contributed by atoms with Crippen molar-refractivity contribution in [2.45, 2.75) is 39.3 Å². The van der Waals surface area contributed by atoms with E-state index in [1.165, 1.54) is 0 Å². The molecule has 0 fully saturated rings. The highest BCUT2D eigenvalue weighted by Crippen LogP contribution is 2.62. The van der Waals surface area contributed by atoms with Gasteiger partial charge in [0, 0.05) is 0 Å². The zero-order valence-electron chi connectivity index (χ0n) is 11.8. The molecule has 3 nitrogen and oxygen atoms in total. The van der Waals surface area contributed by atoms with E-state index in [-0.39, 0.29) is 11.5 Å². The lowest BCUT2D eigenvalue weighted by Crippen LogP contribution is -2.49. The van der Waals surface area contributed by atoms with Crippen LogP contribution < -0.4 is 0 Å². The Hall–Kier alpha value is -1.77. The molecule has 3 heteroatoms. The molecule has 2 heterocycles. The van der Waals surface area contributed by atoms with Gasteiger partial charge in [0.2, 0.25) is 0 Å². The average Bonchev–Trinajstić information content (AvgIpc) is 2.78. The smallest absolute Gasteiger partial charge is 0.409 e. The van der Waals surface area contributed by atoms with Gasteiger partial charge in [0.05, 0.1) is 11.6 Å². The number of rotatable bonds is 0. The van der Waals surface area contributed by atoms with E-state index in [0.717, 1.165) is 16.7 Å². The molecule has 1 aromatic rings. The fraction of sp³-hybridized carbons (Fsp3) is 0.438. The van der Waals surface area contributed by atoms with Crippen LogP contribution in [0.2, 0.25) is 0 Å². The molecule has 0 spiro atoms. The van der Waals surface area contributed by atoms with Crippen LogP contribution in [0.5, 0.6) is 0 Å². The van der Waals surface area contributed by atoms with Crippen LogP contribution in [0.25, 0.3) is 0 Å². The third-order valence-electron chi connectivity index (χ3n) is 4.52. The van der Waals surface area contributed by atoms with Gasteiger partial charge < -0.3 is 5.11 Å². The van der Waals surface area contributed by atoms with E-state index in [4.69, 9.17) is 0 Å². The fourth-order valence-electron chi connectivity index (χ4n) is 3.80. The molecule has 100 valence electrons. The molecule has 0 saturated carbocycles. The molecule has 19 heavy (non-hydrogen) atoms. The first-order valence-corrected chi connectivity index (χ1v) is 6.62. The first kappa shape index (κ1) is 12.3. The van der Waals surface area contributed by atoms with Crippen LogP contribution in [0.15, 0.2) is 35.9 Å². The number of hydrogen-bond donors (Lipinski definition) is 1. The van der Waals surface area contributed by atoms with Crippen molar-refractivity contribution in [1.82, 2.24) is 4.90 Å². The summed E-state index contributed by atoms with van der Waals surface area (Å²) in [7, 11) is 0. The van der Waals surface area contributed by atoms with Gasteiger partial charge in [-0.25, -0.2) is 4.79 Å². The minimum absolute atomic E-state index is 0.118. The number of fused-ring (bicyclic) bond motifs is 5. The Balaban J connectivity index is 2.35. The molecule has 2 aliphatic rings. The SMILES string of the molecule is CC1=CC2(C(C)(C)C)c3ccccc3C1N2C(=O)O. The van der Waals surface area contributed by atoms with Gasteiger partial charge in [-0.15, -0.1) is 0 Å². The van der Waals surface area contributed by atoms with Crippen LogP contribution in [0.4, 0.5) is 4.79 Å². The highest BCUT2D eigenvalue weighted by molar-refractivity contribution is 5.74. The summed E-state index contributed by atoms with van der Waals surface area (Å²) in [4.78, 5) is 13.5. The lowest BCUT2D eigenvalue weighted by molar-refractivity contribution is 0.0441. The molecule has 2 bridgehead atoms. The lowest BCUT2D eigenvalue weighted by atomic mass is 9.68. The van der Waals surface area contributed by atoms with Crippen LogP contribution in [-0.4, -0.2) is 16.1 Å². The molecule has 0 saturated heterocycles. The van der Waals surface area contributed by atoms with E-state index in [0.29, 0.717) is 0 Å². The highest BCUT2D eigenvalue weighted by atomic mass is 16.4. The third-order valence-corrected chi connectivity index (χ3v) is 4.52. The van der Waals surface area contributed by atoms with E-state index in [9.17, 15) is 9.90 Å². The summed E-state index contributed by atoms with van der Waals surface area (Å²) in [6, 6.07) is 7.99. The minimum atomic E-state index is -0.843. The molecule has 0 aliphatic carbocycles. The van der Waals surface area contributed by atoms with Crippen molar-refractivity contribution >= 4 is 6.09 Å². The maximum absolute atomic E-state index is 11.8. The number of nitrogens with zero attached hydrogens (tertiary/aromatic N) is 1. The Morgan fingerprint density at radius 3 is 2.53 bits per heavy atom. The van der Waals surface area contributed by atoms with Crippen molar-refractivity contribution in [2.24, 2.45) is 5.41 Å². The van der Waals surface area contributed by atoms with Crippen molar-refractivity contribution in [3.63, 3.8) is 0 Å². The number of benzene rings is 1. The van der Waals surface area contributed by atoms with Crippen molar-refractivity contribution in [3.8, 4) is 0 Å². The molecule has 1 amide bonds. The number of amides is 1. The average molecular weight is 257 g/mol. The number of carbonyl (C=O) groups is 1. The second kappa shape index (κ2) is 3.41. The Morgan fingerprint density at radius 1 is 1.32 bits per heavy atom. The van der Waals surface area contributed by atoms with Gasteiger partial charge in [-0.2, -0.15) is 0 Å². The maximum atomic E-state index is 11.8. The predicted octanol–water partition coefficient (Wildman–Crippen LogP) is 3.92. The first-order valence-electron chi connectivity index (χ1n) is 6.62. The Labute approximate surface area is 113 Å². The normalized spacial score (nSPS) is 28.3. The van der Waals surface area contributed by atoms with Gasteiger partial charge in [0.25, 0.3) is 0 Å². The largest absolute Gasteiger partial charge is 0.465 e. The predicted molar refractivity (Wildman–Crippen MR) is 73.9 cm³/mol. The standard InChI is InChI=1S/C16H19NO2/c1-10-9-16(15(2,3)4)12-8-6-5-7-11(12)13(10)17(16)14(18)19/h5-9,13H,1-4H3,(H,18,19). The van der Waals surface area contributed by atoms with Crippen LogP contribution >= 0.6 is 0 Å². The second-order valence-corrected chi connectivity index (χ2v) is 6.55. The van der Waals surface area contributed by atoms with E-state index < -0.39 is 11.6 Å². The summed E-state index contributed by atoms with van der Waals surface area (Å²) in [6.07, 6.45) is 1.30. The van der Waals surface area contributed by atoms with Crippen molar-refractivity contribution in [1.29, 1.82) is 0 Å². The Bertz CT molecular complexity index is 597. The highest BCUT2D eigenvalue weighted by Gasteiger charge is 2.61. The molecule has 3 rings (SSSR count). The molecule has 0 radical (unpaired) electrons. The van der Waals surface area contributed by atoms with Crippen molar-refractivity contribution in [3.05, 3.63) is 47.0 Å². The summed E-state index contributed by atoms with van der Waals surface area (Å²) in [5.74, 6) is 0. The molecule has 2 aliphatic heterocycles. The summed E-state index contributed by atoms with van der Waals surface area (Å²) in [5.41, 5.74) is 2.69. The van der Waals surface area contributed by atoms with Crippen LogP contribution in [0.3, 0.4) is 0 Å². The van der Waals surface area contributed by atoms with Gasteiger partial charge >= 0.3 is 6.09 Å². The lowest BCUT2D eigenvalue weighted by Gasteiger charge is -2.44. The third kappa shape index (κ3) is 1.25. The maximum Gasteiger partial charge on any atom is 0.409 e. The van der Waals surface area contributed by atoms with E-state index >= 15 is 0 Å². The molecule has 0 aromatic heterocycles. The molecule has 2 atom stereocenters. The molecule has 2 unspecified atom stereocenters. The fourth-order valence-corrected chi connectivity index (χ4v) is 3.80. The van der Waals surface area contributed by atoms with E-state index in [1.807, 2.05) is 19.1 Å². The topological polar surface area (TPSA) is 40.5 Å². The van der Waals surface area contributed by atoms with Crippen molar-refractivity contribution < 1.29 is 9.90 Å². The zero-order chi connectivity index (χ0) is 14.0. The first-order chi connectivity index (χ1) is 8.80. The van der Waals surface area contributed by atoms with Crippen LogP contribution in [0, 0.1) is 5.41 Å². The summed E-state index contributed by atoms with van der Waals surface area (Å²) in [6.45, 7) is 8.36. The Morgan fingerprint density at radius 2 is 1.95 bits per heavy atom. The van der Waals surface area contributed by atoms with Gasteiger partial charge in [-0.3, -0.25) is 4.90 Å². The number of hydrogen-bond acceptors (Lipinski definition) is 1. The molecular weight excluding hydrogens is 238 g/mol. The molecule has 1 aromatic carbocycles. The van der Waals surface area contributed by atoms with Crippen LogP contribution in [-0.2, 0) is 5.54 Å². The summed E-state index contributed by atoms with van der Waals surface area (Å²) < 4.78 is 0. The molecule has 1 N–H and O–H groups in total. The van der Waals surface area contributed by atoms with Gasteiger partial charge in [-0.1, -0.05) is 51.1 Å².